The van der Waals surface area contributed by atoms with Crippen molar-refractivity contribution in [3.63, 3.8) is 0 Å². The zero-order valence-corrected chi connectivity index (χ0v) is 17.4. The van der Waals surface area contributed by atoms with Crippen LogP contribution in [0.4, 0.5) is 10.1 Å². The Bertz CT molecular complexity index is 947. The maximum Gasteiger partial charge on any atom is 0.123 e. The van der Waals surface area contributed by atoms with Crippen LogP contribution >= 0.6 is 0 Å². The first-order valence-electron chi connectivity index (χ1n) is 10.6. The highest BCUT2D eigenvalue weighted by molar-refractivity contribution is 5.65. The number of nitrogens with zero attached hydrogens (tertiary/aromatic N) is 3. The second-order valence-corrected chi connectivity index (χ2v) is 7.90. The minimum atomic E-state index is -0.207. The van der Waals surface area contributed by atoms with Gasteiger partial charge in [0.2, 0.25) is 0 Å². The zero-order valence-electron chi connectivity index (χ0n) is 17.4. The van der Waals surface area contributed by atoms with Crippen LogP contribution in [0.3, 0.4) is 0 Å². The lowest BCUT2D eigenvalue weighted by molar-refractivity contribution is 0.205. The zero-order chi connectivity index (χ0) is 20.8. The SMILES string of the molecule is CC(=CN(c1ccc(F)cc1)C1CCN(Cc2ccccc2)CC1)c1ccccn1. The van der Waals surface area contributed by atoms with Crippen molar-refractivity contribution >= 4 is 11.3 Å². The van der Waals surface area contributed by atoms with Gasteiger partial charge in [-0.05, 0) is 67.3 Å². The molecule has 0 saturated carbocycles. The van der Waals surface area contributed by atoms with Gasteiger partial charge in [0.1, 0.15) is 5.82 Å². The summed E-state index contributed by atoms with van der Waals surface area (Å²) < 4.78 is 13.5. The molecule has 1 aliphatic rings. The highest BCUT2D eigenvalue weighted by Crippen LogP contribution is 2.27. The van der Waals surface area contributed by atoms with Gasteiger partial charge in [0.15, 0.2) is 0 Å². The van der Waals surface area contributed by atoms with E-state index in [2.05, 4.69) is 58.2 Å². The van der Waals surface area contributed by atoms with Crippen molar-refractivity contribution < 1.29 is 4.39 Å². The largest absolute Gasteiger partial charge is 0.344 e. The summed E-state index contributed by atoms with van der Waals surface area (Å²) >= 11 is 0. The monoisotopic (exact) mass is 401 g/mol. The van der Waals surface area contributed by atoms with Crippen LogP contribution in [0, 0.1) is 5.82 Å². The molecule has 154 valence electrons. The molecule has 0 bridgehead atoms. The number of rotatable bonds is 6. The third-order valence-corrected chi connectivity index (χ3v) is 5.73. The van der Waals surface area contributed by atoms with Gasteiger partial charge in [0, 0.05) is 43.8 Å². The van der Waals surface area contributed by atoms with E-state index in [4.69, 9.17) is 0 Å². The van der Waals surface area contributed by atoms with E-state index in [0.29, 0.717) is 6.04 Å². The van der Waals surface area contributed by atoms with Gasteiger partial charge in [-0.25, -0.2) is 4.39 Å². The Kier molecular flexibility index (Phi) is 6.55. The van der Waals surface area contributed by atoms with Gasteiger partial charge < -0.3 is 4.90 Å². The third kappa shape index (κ3) is 5.14. The Labute approximate surface area is 178 Å². The second-order valence-electron chi connectivity index (χ2n) is 7.90. The second kappa shape index (κ2) is 9.68. The molecule has 3 nitrogen and oxygen atoms in total. The summed E-state index contributed by atoms with van der Waals surface area (Å²) in [6.45, 7) is 5.18. The molecule has 0 unspecified atom stereocenters. The van der Waals surface area contributed by atoms with Gasteiger partial charge in [-0.2, -0.15) is 0 Å². The summed E-state index contributed by atoms with van der Waals surface area (Å²) in [7, 11) is 0. The Morgan fingerprint density at radius 3 is 2.37 bits per heavy atom. The number of anilines is 1. The normalized spacial score (nSPS) is 15.9. The summed E-state index contributed by atoms with van der Waals surface area (Å²) in [5.74, 6) is -0.207. The molecule has 1 aliphatic heterocycles. The Morgan fingerprint density at radius 2 is 1.70 bits per heavy atom. The third-order valence-electron chi connectivity index (χ3n) is 5.73. The van der Waals surface area contributed by atoms with E-state index in [9.17, 15) is 4.39 Å². The van der Waals surface area contributed by atoms with Crippen LogP contribution < -0.4 is 4.90 Å². The Balaban J connectivity index is 1.51. The number of hydrogen-bond acceptors (Lipinski definition) is 3. The van der Waals surface area contributed by atoms with Crippen LogP contribution in [0.1, 0.15) is 31.0 Å². The molecular formula is C26H28FN3. The fourth-order valence-electron chi connectivity index (χ4n) is 4.07. The molecule has 0 spiro atoms. The lowest BCUT2D eigenvalue weighted by Gasteiger charge is -2.38. The van der Waals surface area contributed by atoms with Crippen molar-refractivity contribution in [3.05, 3.63) is 102 Å². The summed E-state index contributed by atoms with van der Waals surface area (Å²) in [6, 6.07) is 23.8. The molecule has 4 heteroatoms. The van der Waals surface area contributed by atoms with E-state index in [1.807, 2.05) is 36.5 Å². The first kappa shape index (κ1) is 20.3. The summed E-state index contributed by atoms with van der Waals surface area (Å²) in [5.41, 5.74) is 4.45. The number of allylic oxidation sites excluding steroid dienone is 1. The molecule has 0 amide bonds. The molecule has 1 fully saturated rings. The molecule has 30 heavy (non-hydrogen) atoms. The van der Waals surface area contributed by atoms with Crippen molar-refractivity contribution in [1.29, 1.82) is 0 Å². The van der Waals surface area contributed by atoms with Crippen LogP contribution in [-0.2, 0) is 6.54 Å². The molecule has 2 heterocycles. The highest BCUT2D eigenvalue weighted by Gasteiger charge is 2.24. The molecule has 2 aromatic carbocycles. The molecule has 3 aromatic rings. The first-order valence-corrected chi connectivity index (χ1v) is 10.6. The molecule has 0 aliphatic carbocycles. The van der Waals surface area contributed by atoms with Crippen LogP contribution in [0.2, 0.25) is 0 Å². The molecule has 0 N–H and O–H groups in total. The lowest BCUT2D eigenvalue weighted by atomic mass is 10.0. The predicted molar refractivity (Wildman–Crippen MR) is 122 cm³/mol. The first-order chi connectivity index (χ1) is 14.7. The number of benzene rings is 2. The lowest BCUT2D eigenvalue weighted by Crippen LogP contribution is -2.42. The van der Waals surface area contributed by atoms with Crippen LogP contribution in [0.5, 0.6) is 0 Å². The van der Waals surface area contributed by atoms with Crippen LogP contribution in [0.25, 0.3) is 5.57 Å². The van der Waals surface area contributed by atoms with Gasteiger partial charge in [-0.15, -0.1) is 0 Å². The van der Waals surface area contributed by atoms with E-state index in [-0.39, 0.29) is 5.82 Å². The Hall–Kier alpha value is -2.98. The fourth-order valence-corrected chi connectivity index (χ4v) is 4.07. The summed E-state index contributed by atoms with van der Waals surface area (Å²) in [6.07, 6.45) is 6.12. The van der Waals surface area contributed by atoms with Crippen LogP contribution in [-0.4, -0.2) is 29.0 Å². The van der Waals surface area contributed by atoms with E-state index in [0.717, 1.165) is 49.4 Å². The molecular weight excluding hydrogens is 373 g/mol. The van der Waals surface area contributed by atoms with Gasteiger partial charge in [0.25, 0.3) is 0 Å². The van der Waals surface area contributed by atoms with Gasteiger partial charge in [-0.1, -0.05) is 36.4 Å². The number of likely N-dealkylation sites (tertiary alicyclic amines) is 1. The fraction of sp³-hybridized carbons (Fsp3) is 0.269. The number of hydrogen-bond donors (Lipinski definition) is 0. The van der Waals surface area contributed by atoms with Crippen LogP contribution in [0.15, 0.2) is 85.2 Å². The summed E-state index contributed by atoms with van der Waals surface area (Å²) in [5, 5.41) is 0. The van der Waals surface area contributed by atoms with E-state index in [1.165, 1.54) is 17.7 Å². The highest BCUT2D eigenvalue weighted by atomic mass is 19.1. The molecule has 1 aromatic heterocycles. The van der Waals surface area contributed by atoms with Gasteiger partial charge in [-0.3, -0.25) is 9.88 Å². The van der Waals surface area contributed by atoms with E-state index < -0.39 is 0 Å². The minimum absolute atomic E-state index is 0.207. The average Bonchev–Trinajstić information content (AvgIpc) is 2.80. The maximum atomic E-state index is 13.5. The predicted octanol–water partition coefficient (Wildman–Crippen LogP) is 5.75. The number of halogens is 1. The van der Waals surface area contributed by atoms with Crippen molar-refractivity contribution in [2.45, 2.75) is 32.4 Å². The number of piperidine rings is 1. The Morgan fingerprint density at radius 1 is 1.00 bits per heavy atom. The van der Waals surface area contributed by atoms with Crippen molar-refractivity contribution in [3.8, 4) is 0 Å². The summed E-state index contributed by atoms with van der Waals surface area (Å²) in [4.78, 5) is 9.31. The van der Waals surface area contributed by atoms with Gasteiger partial charge in [0.05, 0.1) is 5.69 Å². The van der Waals surface area contributed by atoms with E-state index >= 15 is 0 Å². The minimum Gasteiger partial charge on any atom is -0.344 e. The van der Waals surface area contributed by atoms with Crippen molar-refractivity contribution in [2.75, 3.05) is 18.0 Å². The molecule has 0 atom stereocenters. The van der Waals surface area contributed by atoms with Crippen molar-refractivity contribution in [1.82, 2.24) is 9.88 Å². The van der Waals surface area contributed by atoms with E-state index in [1.54, 1.807) is 0 Å². The number of pyridine rings is 1. The number of aromatic nitrogens is 1. The molecule has 0 radical (unpaired) electrons. The molecule has 4 rings (SSSR count). The smallest absolute Gasteiger partial charge is 0.123 e. The maximum absolute atomic E-state index is 13.5. The average molecular weight is 402 g/mol. The topological polar surface area (TPSA) is 19.4 Å². The molecule has 1 saturated heterocycles. The standard InChI is InChI=1S/C26H28FN3/c1-21(26-9-5-6-16-28-26)19-30(24-12-10-23(27)11-13-24)25-14-17-29(18-15-25)20-22-7-3-2-4-8-22/h2-13,16,19,25H,14-15,17-18,20H2,1H3. The van der Waals surface area contributed by atoms with Crippen molar-refractivity contribution in [2.24, 2.45) is 0 Å². The quantitative estimate of drug-likeness (QED) is 0.524. The van der Waals surface area contributed by atoms with Gasteiger partial charge >= 0.3 is 0 Å².